The van der Waals surface area contributed by atoms with Gasteiger partial charge in [-0.25, -0.2) is 4.85 Å². The van der Waals surface area contributed by atoms with Gasteiger partial charge < -0.3 is 19.6 Å². The molecule has 0 fully saturated rings. The van der Waals surface area contributed by atoms with Crippen molar-refractivity contribution in [3.05, 3.63) is 360 Å². The van der Waals surface area contributed by atoms with E-state index in [2.05, 4.69) is 32.8 Å². The minimum Gasteiger partial charge on any atom is -0.311 e. The third-order valence-corrected chi connectivity index (χ3v) is 20.3. The molecule has 0 saturated carbocycles. The molecule has 6 nitrogen and oxygen atoms in total. The van der Waals surface area contributed by atoms with Crippen LogP contribution in [-0.2, 0) is 21.7 Å². The maximum atomic E-state index is 11.8. The Labute approximate surface area is 667 Å². The Morgan fingerprint density at radius 3 is 0.899 bits per heavy atom. The van der Waals surface area contributed by atoms with Gasteiger partial charge in [-0.15, -0.1) is 0 Å². The highest BCUT2D eigenvalue weighted by atomic mass is 15.2. The van der Waals surface area contributed by atoms with Gasteiger partial charge in [-0.05, 0) is 214 Å². The van der Waals surface area contributed by atoms with Gasteiger partial charge in [0.25, 0.3) is 6.71 Å². The van der Waals surface area contributed by atoms with Crippen LogP contribution in [0.4, 0.5) is 73.9 Å². The average molecular weight is 1430 g/mol. The van der Waals surface area contributed by atoms with Crippen LogP contribution in [0.1, 0.15) is 133 Å². The second kappa shape index (κ2) is 27.9. The molecule has 0 N–H and O–H groups in total. The molecular weight excluding hydrogens is 1320 g/mol. The van der Waals surface area contributed by atoms with E-state index in [0.717, 1.165) is 5.56 Å². The Kier molecular flexibility index (Phi) is 13.8. The maximum absolute atomic E-state index is 11.8. The van der Waals surface area contributed by atoms with Gasteiger partial charge in [-0.3, -0.25) is 0 Å². The number of nitrogens with zero attached hydrogens (tertiary/aromatic N) is 6. The van der Waals surface area contributed by atoms with Crippen molar-refractivity contribution in [3.63, 3.8) is 0 Å². The van der Waals surface area contributed by atoms with Crippen LogP contribution < -0.4 is 36.0 Å². The largest absolute Gasteiger partial charge is 0.311 e. The van der Waals surface area contributed by atoms with Crippen LogP contribution in [0.3, 0.4) is 0 Å². The van der Waals surface area contributed by atoms with Crippen molar-refractivity contribution in [1.82, 2.24) is 0 Å². The van der Waals surface area contributed by atoms with E-state index in [9.17, 15) is 27.2 Å². The van der Waals surface area contributed by atoms with Crippen molar-refractivity contribution in [1.29, 1.82) is 5.26 Å². The fourth-order valence-corrected chi connectivity index (χ4v) is 14.6. The molecule has 0 spiro atoms. The van der Waals surface area contributed by atoms with Crippen molar-refractivity contribution in [3.8, 4) is 61.7 Å². The SMILES string of the molecule is [2H]c1c([2H])c(C(C)(C)C)c([2H])c([2H])c1N(c1ccc2c(c1)N(c1cc(-c3ccccc3)c(C#N)c(-c3ccccc3)c1)c1cc(-c3ccccc3)cc3c1B2c1ccc(N(c2c([2H])c([2H])c(C(C)(C)C)c([2H])c2[2H])c2c([2H])c([2H])c(C(C)(C)C)c([2H])c2[2H])cc1N3c1cc(-c2ccccc2)c([N+]#[C-])c(-c2ccccc2)c1)c1c([2H])c([2H])c(C(C)(C)C)c([2H])c1[2H]. The predicted octanol–water partition coefficient (Wildman–Crippen LogP) is 26.7. The van der Waals surface area contributed by atoms with Crippen LogP contribution in [-0.4, -0.2) is 6.71 Å². The Bertz CT molecular complexity index is 6100. The number of nitriles is 1. The predicted molar refractivity (Wildman–Crippen MR) is 463 cm³/mol. The quantitative estimate of drug-likeness (QED) is 0.0850. The number of fused-ring (bicyclic) bond motifs is 4. The van der Waals surface area contributed by atoms with Crippen molar-refractivity contribution in [2.24, 2.45) is 0 Å². The number of rotatable bonds is 13. The smallest absolute Gasteiger partial charge is 0.252 e. The second-order valence-corrected chi connectivity index (χ2v) is 31.9. The summed E-state index contributed by atoms with van der Waals surface area (Å²) < 4.78 is 161. The molecule has 7 heteroatoms. The van der Waals surface area contributed by atoms with Crippen molar-refractivity contribution >= 4 is 97.0 Å². The molecule has 0 atom stereocenters. The van der Waals surface area contributed by atoms with Gasteiger partial charge in [0.15, 0.2) is 0 Å². The van der Waals surface area contributed by atoms with E-state index >= 15 is 0 Å². The second-order valence-electron chi connectivity index (χ2n) is 31.9. The van der Waals surface area contributed by atoms with Crippen LogP contribution in [0.5, 0.6) is 0 Å². The first kappa shape index (κ1) is 54.0. The number of benzene rings is 14. The summed E-state index contributed by atoms with van der Waals surface area (Å²) in [5.41, 5.74) is 7.35. The molecule has 2 heterocycles. The van der Waals surface area contributed by atoms with Gasteiger partial charge in [0.1, 0.15) is 6.07 Å². The maximum Gasteiger partial charge on any atom is 0.252 e. The summed E-state index contributed by atoms with van der Waals surface area (Å²) in [7, 11) is 0. The molecule has 0 amide bonds. The van der Waals surface area contributed by atoms with Crippen LogP contribution >= 0.6 is 0 Å². The first-order valence-electron chi connectivity index (χ1n) is 44.7. The molecule has 14 aromatic carbocycles. The van der Waals surface area contributed by atoms with Gasteiger partial charge in [-0.1, -0.05) is 295 Å². The third kappa shape index (κ3) is 13.4. The third-order valence-electron chi connectivity index (χ3n) is 20.3. The van der Waals surface area contributed by atoms with E-state index < -0.39 is 76.7 Å². The Hall–Kier alpha value is -12.7. The lowest BCUT2D eigenvalue weighted by Gasteiger charge is -2.45. The summed E-state index contributed by atoms with van der Waals surface area (Å²) >= 11 is 0. The minimum atomic E-state index is -0.940. The first-order valence-corrected chi connectivity index (χ1v) is 36.7. The van der Waals surface area contributed by atoms with Crippen molar-refractivity contribution < 1.29 is 21.9 Å². The molecule has 0 aromatic heterocycles. The van der Waals surface area contributed by atoms with Crippen molar-refractivity contribution in [2.75, 3.05) is 19.6 Å². The topological polar surface area (TPSA) is 41.1 Å². The van der Waals surface area contributed by atoms with E-state index in [0.29, 0.717) is 112 Å². The zero-order chi connectivity index (χ0) is 89.6. The number of anilines is 12. The summed E-state index contributed by atoms with van der Waals surface area (Å²) in [4.78, 5) is 11.2. The van der Waals surface area contributed by atoms with Crippen LogP contribution in [0.2, 0.25) is 0 Å². The zero-order valence-corrected chi connectivity index (χ0v) is 63.1. The van der Waals surface area contributed by atoms with Gasteiger partial charge >= 0.3 is 0 Å². The van der Waals surface area contributed by atoms with E-state index in [1.807, 2.05) is 194 Å². The lowest BCUT2D eigenvalue weighted by atomic mass is 9.33. The highest BCUT2D eigenvalue weighted by Crippen LogP contribution is 2.53. The molecule has 16 rings (SSSR count). The van der Waals surface area contributed by atoms with E-state index in [1.165, 1.54) is 9.80 Å². The normalized spacial score (nSPS) is 14.6. The molecule has 530 valence electrons. The zero-order valence-electron chi connectivity index (χ0n) is 79.1. The average Bonchev–Trinajstić information content (AvgIpc) is 0.687. The molecule has 109 heavy (non-hydrogen) atoms. The van der Waals surface area contributed by atoms with Crippen molar-refractivity contribution in [2.45, 2.75) is 105 Å². The summed E-state index contributed by atoms with van der Waals surface area (Å²) in [5.74, 6) is 0. The van der Waals surface area contributed by atoms with Crippen LogP contribution in [0, 0.1) is 17.9 Å². The van der Waals surface area contributed by atoms with Gasteiger partial charge in [-0.2, -0.15) is 5.26 Å². The van der Waals surface area contributed by atoms with Gasteiger partial charge in [0, 0.05) is 79.4 Å². The Morgan fingerprint density at radius 1 is 0.330 bits per heavy atom. The molecule has 14 aromatic rings. The first-order chi connectivity index (χ1) is 59.2. The van der Waals surface area contributed by atoms with Crippen LogP contribution in [0.25, 0.3) is 60.5 Å². The van der Waals surface area contributed by atoms with Crippen LogP contribution in [0.15, 0.2) is 321 Å². The molecule has 2 aliphatic rings. The summed E-state index contributed by atoms with van der Waals surface area (Å²) in [6.07, 6.45) is 0. The van der Waals surface area contributed by atoms with E-state index in [1.54, 1.807) is 101 Å². The molecular formula is C102H89BN6. The summed E-state index contributed by atoms with van der Waals surface area (Å²) in [6.45, 7) is 29.7. The molecule has 0 radical (unpaired) electrons. The van der Waals surface area contributed by atoms with Gasteiger partial charge in [0.2, 0.25) is 5.69 Å². The summed E-state index contributed by atoms with van der Waals surface area (Å²) in [6, 6.07) is 66.4. The lowest BCUT2D eigenvalue weighted by molar-refractivity contribution is 0.590. The van der Waals surface area contributed by atoms with Gasteiger partial charge in [0.05, 0.1) is 34.1 Å². The highest BCUT2D eigenvalue weighted by molar-refractivity contribution is 7.00. The molecule has 0 aliphatic carbocycles. The number of hydrogen-bond acceptors (Lipinski definition) is 5. The Morgan fingerprint density at radius 2 is 0.615 bits per heavy atom. The fourth-order valence-electron chi connectivity index (χ4n) is 14.6. The minimum absolute atomic E-state index is 0.0886. The fraction of sp³-hybridized carbons (Fsp3) is 0.157. The monoisotopic (exact) mass is 1420 g/mol. The van der Waals surface area contributed by atoms with E-state index in [-0.39, 0.29) is 105 Å². The summed E-state index contributed by atoms with van der Waals surface area (Å²) in [5, 5.41) is 11.8. The molecule has 2 aliphatic heterocycles. The Balaban J connectivity index is 1.12. The standard InChI is InChI=1S/C102H89BN6/c1-99(2,3)74-39-47-78(48-40-74)106(79-49-41-75(42-50-79)100(4,5)6)82-55-57-91-93(65-82)108(84-61-86(69-31-21-15-22-32-69)90(67-104)87(62-84)70-33-23-16-24-34-70)95-59-73(68-29-19-14-20-30-68)60-96-97(95)103(91)92-58-56-83(107(80-51-43-76(44-52-80)101(7,8)9)81-53-45-77(46-54-81)102(10,11)12)66-94(92)109(96)85-63-88(71-35-25-17-26-36-71)98(105-13)89(64-85)72-37-27-18-28-38-72/h14-66H,1-12H3/i39D,40D,41D,42D,43D,44D,45D,46D,47D,48D,49D,50D,51D,52D,53D,54D. The molecule has 0 bridgehead atoms. The van der Waals surface area contributed by atoms with E-state index in [4.69, 9.17) is 6.57 Å². The number of hydrogen-bond donors (Lipinski definition) is 0. The molecule has 0 saturated heterocycles. The lowest BCUT2D eigenvalue weighted by Crippen LogP contribution is -2.61. The molecule has 0 unspecified atom stereocenters. The highest BCUT2D eigenvalue weighted by Gasteiger charge is 2.45.